The summed E-state index contributed by atoms with van der Waals surface area (Å²) in [5, 5.41) is 0. The van der Waals surface area contributed by atoms with Gasteiger partial charge in [-0.1, -0.05) is 54.9 Å². The highest BCUT2D eigenvalue weighted by Gasteiger charge is 2.54. The van der Waals surface area contributed by atoms with Gasteiger partial charge in [-0.15, -0.1) is 0 Å². The van der Waals surface area contributed by atoms with Crippen molar-refractivity contribution >= 4 is 0 Å². The van der Waals surface area contributed by atoms with Crippen LogP contribution in [0, 0.1) is 28.6 Å². The Morgan fingerprint density at radius 1 is 1.21 bits per heavy atom. The molecule has 1 fully saturated rings. The molecular formula is C14H28. The molecule has 0 saturated heterocycles. The summed E-state index contributed by atoms with van der Waals surface area (Å²) >= 11 is 0. The molecule has 1 rings (SSSR count). The van der Waals surface area contributed by atoms with Gasteiger partial charge in [0.1, 0.15) is 0 Å². The molecule has 0 aliphatic heterocycles. The molecule has 0 aromatic heterocycles. The second kappa shape index (κ2) is 3.54. The molecule has 0 nitrogen and oxygen atoms in total. The van der Waals surface area contributed by atoms with E-state index < -0.39 is 0 Å². The fourth-order valence-corrected chi connectivity index (χ4v) is 3.95. The first kappa shape index (κ1) is 12.1. The SMILES string of the molecule is CCC(C)C1(C)C(C)C(C)CC1(C)C. The third kappa shape index (κ3) is 1.42. The summed E-state index contributed by atoms with van der Waals surface area (Å²) in [4.78, 5) is 0. The lowest BCUT2D eigenvalue weighted by atomic mass is 9.58. The Morgan fingerprint density at radius 2 is 1.71 bits per heavy atom. The largest absolute Gasteiger partial charge is 0.0651 e. The van der Waals surface area contributed by atoms with Crippen LogP contribution in [0.2, 0.25) is 0 Å². The molecule has 0 bridgehead atoms. The summed E-state index contributed by atoms with van der Waals surface area (Å²) in [6.07, 6.45) is 2.71. The number of rotatable bonds is 2. The first-order valence-corrected chi connectivity index (χ1v) is 6.27. The van der Waals surface area contributed by atoms with Crippen molar-refractivity contribution in [3.8, 4) is 0 Å². The van der Waals surface area contributed by atoms with Crippen molar-refractivity contribution in [1.82, 2.24) is 0 Å². The van der Waals surface area contributed by atoms with Gasteiger partial charge in [0.2, 0.25) is 0 Å². The normalized spacial score (nSPS) is 43.9. The second-order valence-corrected chi connectivity index (χ2v) is 6.45. The van der Waals surface area contributed by atoms with Gasteiger partial charge in [0, 0.05) is 0 Å². The van der Waals surface area contributed by atoms with Crippen LogP contribution < -0.4 is 0 Å². The topological polar surface area (TPSA) is 0 Å². The van der Waals surface area contributed by atoms with Crippen molar-refractivity contribution in [2.75, 3.05) is 0 Å². The first-order valence-electron chi connectivity index (χ1n) is 6.27. The zero-order valence-electron chi connectivity index (χ0n) is 11.1. The highest BCUT2D eigenvalue weighted by atomic mass is 14.6. The summed E-state index contributed by atoms with van der Waals surface area (Å²) in [6, 6.07) is 0. The maximum absolute atomic E-state index is 2.52. The molecule has 14 heavy (non-hydrogen) atoms. The number of hydrogen-bond acceptors (Lipinski definition) is 0. The molecule has 1 aliphatic rings. The van der Waals surface area contributed by atoms with E-state index in [-0.39, 0.29) is 0 Å². The Hall–Kier alpha value is 0. The number of hydrogen-bond donors (Lipinski definition) is 0. The van der Waals surface area contributed by atoms with E-state index in [9.17, 15) is 0 Å². The Morgan fingerprint density at radius 3 is 2.00 bits per heavy atom. The molecule has 1 saturated carbocycles. The van der Waals surface area contributed by atoms with Gasteiger partial charge in [-0.05, 0) is 35.0 Å². The van der Waals surface area contributed by atoms with Crippen molar-refractivity contribution < 1.29 is 0 Å². The van der Waals surface area contributed by atoms with E-state index in [1.165, 1.54) is 12.8 Å². The van der Waals surface area contributed by atoms with Gasteiger partial charge in [0.25, 0.3) is 0 Å². The predicted octanol–water partition coefficient (Wildman–Crippen LogP) is 4.74. The average Bonchev–Trinajstić information content (AvgIpc) is 2.26. The van der Waals surface area contributed by atoms with Crippen LogP contribution in [0.3, 0.4) is 0 Å². The maximum Gasteiger partial charge on any atom is -0.0221 e. The van der Waals surface area contributed by atoms with Gasteiger partial charge < -0.3 is 0 Å². The molecule has 0 heterocycles. The van der Waals surface area contributed by atoms with Gasteiger partial charge in [0.05, 0.1) is 0 Å². The highest BCUT2D eigenvalue weighted by molar-refractivity contribution is 5.03. The Kier molecular flexibility index (Phi) is 3.05. The smallest absolute Gasteiger partial charge is 0.0221 e. The van der Waals surface area contributed by atoms with Crippen LogP contribution >= 0.6 is 0 Å². The molecule has 1 aliphatic carbocycles. The summed E-state index contributed by atoms with van der Waals surface area (Å²) in [6.45, 7) is 17.1. The third-order valence-corrected chi connectivity index (χ3v) is 5.73. The summed E-state index contributed by atoms with van der Waals surface area (Å²) in [7, 11) is 0. The van der Waals surface area contributed by atoms with Crippen molar-refractivity contribution in [2.24, 2.45) is 28.6 Å². The average molecular weight is 196 g/mol. The standard InChI is InChI=1S/C14H28/c1-8-11(3)14(7)12(4)10(2)9-13(14,5)6/h10-12H,8-9H2,1-7H3. The van der Waals surface area contributed by atoms with E-state index in [2.05, 4.69) is 48.5 Å². The minimum absolute atomic E-state index is 0.515. The molecular weight excluding hydrogens is 168 g/mol. The summed E-state index contributed by atoms with van der Waals surface area (Å²) in [5.41, 5.74) is 1.04. The molecule has 0 spiro atoms. The van der Waals surface area contributed by atoms with E-state index in [4.69, 9.17) is 0 Å². The molecule has 4 atom stereocenters. The molecule has 84 valence electrons. The third-order valence-electron chi connectivity index (χ3n) is 5.73. The zero-order valence-corrected chi connectivity index (χ0v) is 11.1. The molecule has 0 heteroatoms. The van der Waals surface area contributed by atoms with Crippen molar-refractivity contribution in [2.45, 2.75) is 61.3 Å². The van der Waals surface area contributed by atoms with Crippen molar-refractivity contribution in [3.63, 3.8) is 0 Å². The minimum Gasteiger partial charge on any atom is -0.0651 e. The van der Waals surface area contributed by atoms with Gasteiger partial charge in [0.15, 0.2) is 0 Å². The first-order chi connectivity index (χ1) is 6.27. The van der Waals surface area contributed by atoms with Gasteiger partial charge in [-0.25, -0.2) is 0 Å². The van der Waals surface area contributed by atoms with Crippen molar-refractivity contribution in [1.29, 1.82) is 0 Å². The Balaban J connectivity index is 3.04. The van der Waals surface area contributed by atoms with Crippen LogP contribution in [0.15, 0.2) is 0 Å². The van der Waals surface area contributed by atoms with Gasteiger partial charge in [-0.3, -0.25) is 0 Å². The van der Waals surface area contributed by atoms with E-state index >= 15 is 0 Å². The van der Waals surface area contributed by atoms with E-state index in [1.54, 1.807) is 0 Å². The lowest BCUT2D eigenvalue weighted by molar-refractivity contribution is 0.0220. The van der Waals surface area contributed by atoms with Crippen LogP contribution in [0.5, 0.6) is 0 Å². The molecule has 0 aromatic rings. The maximum atomic E-state index is 2.52. The monoisotopic (exact) mass is 196 g/mol. The summed E-state index contributed by atoms with van der Waals surface area (Å²) in [5.74, 6) is 2.61. The van der Waals surface area contributed by atoms with Crippen LogP contribution in [-0.4, -0.2) is 0 Å². The quantitative estimate of drug-likeness (QED) is 0.598. The summed E-state index contributed by atoms with van der Waals surface area (Å²) < 4.78 is 0. The lowest BCUT2D eigenvalue weighted by Gasteiger charge is -2.46. The van der Waals surface area contributed by atoms with Crippen LogP contribution in [-0.2, 0) is 0 Å². The Bertz CT molecular complexity index is 204. The Labute approximate surface area is 90.5 Å². The zero-order chi connectivity index (χ0) is 11.1. The molecule has 0 aromatic carbocycles. The van der Waals surface area contributed by atoms with E-state index in [0.29, 0.717) is 10.8 Å². The molecule has 4 unspecified atom stereocenters. The lowest BCUT2D eigenvalue weighted by Crippen LogP contribution is -2.40. The highest BCUT2D eigenvalue weighted by Crippen LogP contribution is 2.62. The minimum atomic E-state index is 0.515. The fourth-order valence-electron chi connectivity index (χ4n) is 3.95. The molecule has 0 amide bonds. The van der Waals surface area contributed by atoms with Crippen LogP contribution in [0.25, 0.3) is 0 Å². The van der Waals surface area contributed by atoms with E-state index in [1.807, 2.05) is 0 Å². The van der Waals surface area contributed by atoms with Crippen molar-refractivity contribution in [3.05, 3.63) is 0 Å². The molecule has 0 N–H and O–H groups in total. The fraction of sp³-hybridized carbons (Fsp3) is 1.00. The predicted molar refractivity (Wildman–Crippen MR) is 64.3 cm³/mol. The van der Waals surface area contributed by atoms with Crippen LogP contribution in [0.4, 0.5) is 0 Å². The van der Waals surface area contributed by atoms with E-state index in [0.717, 1.165) is 17.8 Å². The van der Waals surface area contributed by atoms with Gasteiger partial charge in [-0.2, -0.15) is 0 Å². The van der Waals surface area contributed by atoms with Crippen LogP contribution in [0.1, 0.15) is 61.3 Å². The second-order valence-electron chi connectivity index (χ2n) is 6.45. The van der Waals surface area contributed by atoms with Gasteiger partial charge >= 0.3 is 0 Å². The molecule has 0 radical (unpaired) electrons.